The highest BCUT2D eigenvalue weighted by atomic mass is 16.5. The van der Waals surface area contributed by atoms with E-state index in [1.54, 1.807) is 0 Å². The summed E-state index contributed by atoms with van der Waals surface area (Å²) in [6, 6.07) is 19.3. The van der Waals surface area contributed by atoms with Crippen molar-refractivity contribution < 1.29 is 9.53 Å². The summed E-state index contributed by atoms with van der Waals surface area (Å²) < 4.78 is 5.75. The van der Waals surface area contributed by atoms with E-state index in [1.165, 1.54) is 0 Å². The Bertz CT molecular complexity index is 554. The Labute approximate surface area is 126 Å². The molecule has 1 N–H and O–H groups in total. The largest absolute Gasteiger partial charge is 0.481 e. The summed E-state index contributed by atoms with van der Waals surface area (Å²) in [5, 5.41) is 3.00. The van der Waals surface area contributed by atoms with E-state index in [9.17, 15) is 4.79 Å². The van der Waals surface area contributed by atoms with Crippen molar-refractivity contribution >= 4 is 5.91 Å². The predicted molar refractivity (Wildman–Crippen MR) is 84.1 cm³/mol. The van der Waals surface area contributed by atoms with Crippen molar-refractivity contribution in [1.82, 2.24) is 5.32 Å². The van der Waals surface area contributed by atoms with Crippen molar-refractivity contribution in [3.05, 3.63) is 66.2 Å². The summed E-state index contributed by atoms with van der Waals surface area (Å²) in [5.74, 6) is 0.629. The summed E-state index contributed by atoms with van der Waals surface area (Å²) in [6.45, 7) is 3.92. The van der Waals surface area contributed by atoms with Crippen LogP contribution in [0.3, 0.4) is 0 Å². The molecular weight excluding hydrogens is 262 g/mol. The van der Waals surface area contributed by atoms with Gasteiger partial charge in [-0.3, -0.25) is 4.79 Å². The maximum atomic E-state index is 12.3. The molecule has 0 bridgehead atoms. The number of ether oxygens (including phenoxy) is 1. The Kier molecular flexibility index (Phi) is 5.38. The zero-order valence-corrected chi connectivity index (χ0v) is 12.5. The molecule has 2 rings (SSSR count). The predicted octanol–water partition coefficient (Wildman–Crippen LogP) is 3.72. The first-order chi connectivity index (χ1) is 10.2. The molecule has 0 radical (unpaired) electrons. The molecule has 0 unspecified atom stereocenters. The molecule has 0 saturated carbocycles. The van der Waals surface area contributed by atoms with Crippen LogP contribution in [0, 0.1) is 0 Å². The van der Waals surface area contributed by atoms with Gasteiger partial charge in [-0.25, -0.2) is 0 Å². The summed E-state index contributed by atoms with van der Waals surface area (Å²) in [5.41, 5.74) is 1.08. The molecule has 0 saturated heterocycles. The van der Waals surface area contributed by atoms with Gasteiger partial charge in [0.15, 0.2) is 6.10 Å². The van der Waals surface area contributed by atoms with Crippen LogP contribution in [0.2, 0.25) is 0 Å². The molecule has 0 heterocycles. The Morgan fingerprint density at radius 3 is 2.19 bits per heavy atom. The second kappa shape index (κ2) is 7.48. The minimum absolute atomic E-state index is 0.0351. The molecule has 2 atom stereocenters. The van der Waals surface area contributed by atoms with Crippen molar-refractivity contribution in [3.63, 3.8) is 0 Å². The van der Waals surface area contributed by atoms with Crippen LogP contribution in [0.4, 0.5) is 0 Å². The SMILES string of the molecule is CC[C@@H](Oc1ccccc1)C(=O)N[C@H](C)c1ccccc1. The average molecular weight is 283 g/mol. The Balaban J connectivity index is 1.97. The van der Waals surface area contributed by atoms with Crippen LogP contribution in [0.5, 0.6) is 5.75 Å². The number of hydrogen-bond donors (Lipinski definition) is 1. The number of rotatable bonds is 6. The molecule has 0 aliphatic rings. The van der Waals surface area contributed by atoms with E-state index in [0.29, 0.717) is 12.2 Å². The second-order valence-electron chi connectivity index (χ2n) is 4.97. The minimum Gasteiger partial charge on any atom is -0.481 e. The lowest BCUT2D eigenvalue weighted by atomic mass is 10.1. The third kappa shape index (κ3) is 4.35. The van der Waals surface area contributed by atoms with Crippen LogP contribution in [0.25, 0.3) is 0 Å². The molecule has 2 aromatic carbocycles. The number of hydrogen-bond acceptors (Lipinski definition) is 2. The Morgan fingerprint density at radius 1 is 1.05 bits per heavy atom. The number of carbonyl (C=O) groups excluding carboxylic acids is 1. The van der Waals surface area contributed by atoms with Gasteiger partial charge < -0.3 is 10.1 Å². The van der Waals surface area contributed by atoms with Gasteiger partial charge in [0, 0.05) is 0 Å². The van der Waals surface area contributed by atoms with Gasteiger partial charge in [0.2, 0.25) is 0 Å². The van der Waals surface area contributed by atoms with Crippen molar-refractivity contribution in [1.29, 1.82) is 0 Å². The first-order valence-electron chi connectivity index (χ1n) is 7.27. The van der Waals surface area contributed by atoms with Crippen molar-refractivity contribution in [2.24, 2.45) is 0 Å². The van der Waals surface area contributed by atoms with E-state index >= 15 is 0 Å². The molecule has 21 heavy (non-hydrogen) atoms. The van der Waals surface area contributed by atoms with Crippen LogP contribution in [-0.4, -0.2) is 12.0 Å². The van der Waals surface area contributed by atoms with E-state index in [4.69, 9.17) is 4.74 Å². The zero-order valence-electron chi connectivity index (χ0n) is 12.5. The highest BCUT2D eigenvalue weighted by Crippen LogP contribution is 2.15. The molecule has 110 valence electrons. The first-order valence-corrected chi connectivity index (χ1v) is 7.27. The monoisotopic (exact) mass is 283 g/mol. The maximum Gasteiger partial charge on any atom is 0.261 e. The normalized spacial score (nSPS) is 13.2. The van der Waals surface area contributed by atoms with E-state index in [-0.39, 0.29) is 11.9 Å². The minimum atomic E-state index is -0.474. The van der Waals surface area contributed by atoms with Gasteiger partial charge in [0.05, 0.1) is 6.04 Å². The van der Waals surface area contributed by atoms with Crippen LogP contribution in [0.1, 0.15) is 31.9 Å². The van der Waals surface area contributed by atoms with Gasteiger partial charge in [-0.1, -0.05) is 55.5 Å². The fourth-order valence-electron chi connectivity index (χ4n) is 2.12. The standard InChI is InChI=1S/C18H21NO2/c1-3-17(21-16-12-8-5-9-13-16)18(20)19-14(2)15-10-6-4-7-11-15/h4-14,17H,3H2,1-2H3,(H,19,20)/t14-,17-/m1/s1. The molecule has 0 spiro atoms. The summed E-state index contributed by atoms with van der Waals surface area (Å²) in [6.07, 6.45) is 0.154. The van der Waals surface area contributed by atoms with Crippen LogP contribution >= 0.6 is 0 Å². The Hall–Kier alpha value is -2.29. The molecular formula is C18H21NO2. The molecule has 0 fully saturated rings. The van der Waals surface area contributed by atoms with Crippen LogP contribution in [-0.2, 0) is 4.79 Å². The third-order valence-electron chi connectivity index (χ3n) is 3.34. The lowest BCUT2D eigenvalue weighted by Crippen LogP contribution is -2.39. The van der Waals surface area contributed by atoms with Gasteiger partial charge in [0.25, 0.3) is 5.91 Å². The molecule has 1 amide bonds. The number of carbonyl (C=O) groups is 1. The fraction of sp³-hybridized carbons (Fsp3) is 0.278. The summed E-state index contributed by atoms with van der Waals surface area (Å²) >= 11 is 0. The van der Waals surface area contributed by atoms with Gasteiger partial charge in [0.1, 0.15) is 5.75 Å². The smallest absolute Gasteiger partial charge is 0.261 e. The maximum absolute atomic E-state index is 12.3. The number of nitrogens with one attached hydrogen (secondary N) is 1. The second-order valence-corrected chi connectivity index (χ2v) is 4.97. The van der Waals surface area contributed by atoms with Gasteiger partial charge in [-0.2, -0.15) is 0 Å². The van der Waals surface area contributed by atoms with Crippen LogP contribution in [0.15, 0.2) is 60.7 Å². The van der Waals surface area contributed by atoms with Gasteiger partial charge >= 0.3 is 0 Å². The third-order valence-corrected chi connectivity index (χ3v) is 3.34. The highest BCUT2D eigenvalue weighted by Gasteiger charge is 2.20. The molecule has 3 heteroatoms. The first kappa shape index (κ1) is 15.1. The lowest BCUT2D eigenvalue weighted by molar-refractivity contribution is -0.128. The summed E-state index contributed by atoms with van der Waals surface area (Å²) in [4.78, 5) is 12.3. The summed E-state index contributed by atoms with van der Waals surface area (Å²) in [7, 11) is 0. The number of para-hydroxylation sites is 1. The number of benzene rings is 2. The molecule has 3 nitrogen and oxygen atoms in total. The fourth-order valence-corrected chi connectivity index (χ4v) is 2.12. The zero-order chi connectivity index (χ0) is 15.1. The van der Waals surface area contributed by atoms with Gasteiger partial charge in [-0.15, -0.1) is 0 Å². The average Bonchev–Trinajstić information content (AvgIpc) is 2.54. The van der Waals surface area contributed by atoms with E-state index in [1.807, 2.05) is 74.5 Å². The van der Waals surface area contributed by atoms with Crippen molar-refractivity contribution in [3.8, 4) is 5.75 Å². The lowest BCUT2D eigenvalue weighted by Gasteiger charge is -2.20. The quantitative estimate of drug-likeness (QED) is 0.877. The molecule has 2 aromatic rings. The van der Waals surface area contributed by atoms with E-state index < -0.39 is 6.10 Å². The number of amides is 1. The Morgan fingerprint density at radius 2 is 1.62 bits per heavy atom. The van der Waals surface area contributed by atoms with Crippen LogP contribution < -0.4 is 10.1 Å². The van der Waals surface area contributed by atoms with Crippen molar-refractivity contribution in [2.45, 2.75) is 32.4 Å². The van der Waals surface area contributed by atoms with Gasteiger partial charge in [-0.05, 0) is 31.0 Å². The topological polar surface area (TPSA) is 38.3 Å². The molecule has 0 aromatic heterocycles. The van der Waals surface area contributed by atoms with E-state index in [2.05, 4.69) is 5.32 Å². The van der Waals surface area contributed by atoms with E-state index in [0.717, 1.165) is 5.56 Å². The molecule has 0 aliphatic heterocycles. The highest BCUT2D eigenvalue weighted by molar-refractivity contribution is 5.81. The van der Waals surface area contributed by atoms with Crippen molar-refractivity contribution in [2.75, 3.05) is 0 Å². The molecule has 0 aliphatic carbocycles.